The largest absolute Gasteiger partial charge is 0.356 e. The molecule has 0 radical (unpaired) electrons. The Hall–Kier alpha value is -2.47. The fraction of sp³-hybridized carbons (Fsp3) is 0.429. The van der Waals surface area contributed by atoms with E-state index < -0.39 is 5.60 Å². The van der Waals surface area contributed by atoms with Crippen molar-refractivity contribution in [3.8, 4) is 0 Å². The molecular weight excluding hydrogens is 345 g/mol. The van der Waals surface area contributed by atoms with E-state index in [2.05, 4.69) is 17.1 Å². The van der Waals surface area contributed by atoms with Gasteiger partial charge in [0, 0.05) is 38.2 Å². The van der Waals surface area contributed by atoms with Gasteiger partial charge in [-0.25, -0.2) is 9.37 Å². The maximum absolute atomic E-state index is 13.5. The fourth-order valence-corrected chi connectivity index (χ4v) is 4.71. The van der Waals surface area contributed by atoms with Crippen molar-refractivity contribution in [1.29, 1.82) is 0 Å². The van der Waals surface area contributed by atoms with Crippen LogP contribution in [-0.4, -0.2) is 40.7 Å². The van der Waals surface area contributed by atoms with Crippen LogP contribution in [0.1, 0.15) is 37.3 Å². The van der Waals surface area contributed by atoms with Crippen LogP contribution in [0.3, 0.4) is 0 Å². The number of piperidine rings is 1. The summed E-state index contributed by atoms with van der Waals surface area (Å²) >= 11 is 0. The first-order valence-electron chi connectivity index (χ1n) is 9.58. The minimum Gasteiger partial charge on any atom is -0.356 e. The van der Waals surface area contributed by atoms with E-state index >= 15 is 0 Å². The Labute approximate surface area is 157 Å². The molecule has 3 saturated heterocycles. The van der Waals surface area contributed by atoms with Gasteiger partial charge in [-0.05, 0) is 24.5 Å². The van der Waals surface area contributed by atoms with Gasteiger partial charge in [0.25, 0.3) is 5.91 Å². The predicted octanol–water partition coefficient (Wildman–Crippen LogP) is 3.28. The molecular formula is C21H22FN3O2. The van der Waals surface area contributed by atoms with Crippen LogP contribution < -0.4 is 4.90 Å². The van der Waals surface area contributed by atoms with Crippen LogP contribution in [0.25, 0.3) is 0 Å². The zero-order valence-electron chi connectivity index (χ0n) is 15.1. The van der Waals surface area contributed by atoms with Gasteiger partial charge in [0.05, 0.1) is 6.04 Å². The molecule has 0 saturated carbocycles. The highest BCUT2D eigenvalue weighted by Crippen LogP contribution is 2.47. The van der Waals surface area contributed by atoms with E-state index in [9.17, 15) is 9.18 Å². The van der Waals surface area contributed by atoms with Crippen LogP contribution in [0, 0.1) is 5.82 Å². The summed E-state index contributed by atoms with van der Waals surface area (Å²) in [5, 5.41) is 0. The van der Waals surface area contributed by atoms with E-state index in [4.69, 9.17) is 4.74 Å². The topological polar surface area (TPSA) is 45.7 Å². The Morgan fingerprint density at radius 2 is 1.89 bits per heavy atom. The molecule has 0 bridgehead atoms. The standard InChI is InChI=1S/C21H22FN3O2/c22-16-8-11-23-18(14-16)24-12-9-21(10-13-24)20(26)25-17(6-7-19(25)27-21)15-4-2-1-3-5-15/h1-5,8,11,14,17,19H,6-7,9-10,12-13H2. The van der Waals surface area contributed by atoms with Gasteiger partial charge in [-0.15, -0.1) is 0 Å². The number of carbonyl (C=O) groups excluding carboxylic acids is 1. The summed E-state index contributed by atoms with van der Waals surface area (Å²) in [6, 6.07) is 13.1. The third kappa shape index (κ3) is 2.70. The zero-order chi connectivity index (χ0) is 18.4. The molecule has 3 fully saturated rings. The summed E-state index contributed by atoms with van der Waals surface area (Å²) in [6.07, 6.45) is 4.39. The van der Waals surface area contributed by atoms with Gasteiger partial charge in [-0.2, -0.15) is 0 Å². The second kappa shape index (κ2) is 6.30. The number of benzene rings is 1. The quantitative estimate of drug-likeness (QED) is 0.817. The molecule has 5 nitrogen and oxygen atoms in total. The Balaban J connectivity index is 1.34. The van der Waals surface area contributed by atoms with Crippen molar-refractivity contribution in [2.24, 2.45) is 0 Å². The molecule has 1 aromatic carbocycles. The van der Waals surface area contributed by atoms with Crippen LogP contribution in [0.2, 0.25) is 0 Å². The van der Waals surface area contributed by atoms with E-state index in [1.807, 2.05) is 28.0 Å². The first-order chi connectivity index (χ1) is 13.2. The summed E-state index contributed by atoms with van der Waals surface area (Å²) in [4.78, 5) is 21.6. The zero-order valence-corrected chi connectivity index (χ0v) is 15.1. The summed E-state index contributed by atoms with van der Waals surface area (Å²) in [5.74, 6) is 0.448. The number of carbonyl (C=O) groups is 1. The van der Waals surface area contributed by atoms with Crippen molar-refractivity contribution in [3.63, 3.8) is 0 Å². The molecule has 1 amide bonds. The van der Waals surface area contributed by atoms with E-state index in [1.165, 1.54) is 23.9 Å². The van der Waals surface area contributed by atoms with Crippen molar-refractivity contribution in [3.05, 3.63) is 60.0 Å². The molecule has 1 aromatic heterocycles. The Morgan fingerprint density at radius 3 is 2.63 bits per heavy atom. The molecule has 0 aliphatic carbocycles. The molecule has 5 rings (SSSR count). The summed E-state index contributed by atoms with van der Waals surface area (Å²) < 4.78 is 19.8. The number of aromatic nitrogens is 1. The number of anilines is 1. The Morgan fingerprint density at radius 1 is 1.11 bits per heavy atom. The number of hydrogen-bond donors (Lipinski definition) is 0. The molecule has 27 heavy (non-hydrogen) atoms. The number of fused-ring (bicyclic) bond motifs is 1. The third-order valence-corrected chi connectivity index (χ3v) is 6.11. The normalized spacial score (nSPS) is 26.6. The molecule has 6 heteroatoms. The van der Waals surface area contributed by atoms with Gasteiger partial charge < -0.3 is 14.5 Å². The van der Waals surface area contributed by atoms with E-state index in [0.29, 0.717) is 31.7 Å². The lowest BCUT2D eigenvalue weighted by atomic mass is 9.89. The number of amides is 1. The van der Waals surface area contributed by atoms with Crippen molar-refractivity contribution in [2.45, 2.75) is 43.6 Å². The first-order valence-corrected chi connectivity index (χ1v) is 9.58. The minimum atomic E-state index is -0.734. The predicted molar refractivity (Wildman–Crippen MR) is 98.5 cm³/mol. The Kier molecular flexibility index (Phi) is 3.90. The van der Waals surface area contributed by atoms with Gasteiger partial charge in [0.1, 0.15) is 17.9 Å². The van der Waals surface area contributed by atoms with E-state index in [-0.39, 0.29) is 24.0 Å². The van der Waals surface area contributed by atoms with Crippen molar-refractivity contribution >= 4 is 11.7 Å². The molecule has 1 spiro atoms. The average Bonchev–Trinajstić information content (AvgIpc) is 3.22. The van der Waals surface area contributed by atoms with Crippen LogP contribution in [0.5, 0.6) is 0 Å². The Bertz CT molecular complexity index is 852. The van der Waals surface area contributed by atoms with Gasteiger partial charge in [-0.1, -0.05) is 30.3 Å². The van der Waals surface area contributed by atoms with Gasteiger partial charge >= 0.3 is 0 Å². The molecule has 2 unspecified atom stereocenters. The maximum Gasteiger partial charge on any atom is 0.257 e. The minimum absolute atomic E-state index is 0.103. The second-order valence-electron chi connectivity index (χ2n) is 7.60. The number of halogens is 1. The molecule has 140 valence electrons. The highest BCUT2D eigenvalue weighted by Gasteiger charge is 2.57. The number of rotatable bonds is 2. The lowest BCUT2D eigenvalue weighted by Crippen LogP contribution is -2.50. The molecule has 2 atom stereocenters. The molecule has 3 aliphatic heterocycles. The van der Waals surface area contributed by atoms with Crippen LogP contribution in [0.4, 0.5) is 10.2 Å². The van der Waals surface area contributed by atoms with Crippen molar-refractivity contribution in [2.75, 3.05) is 18.0 Å². The summed E-state index contributed by atoms with van der Waals surface area (Å²) in [5.41, 5.74) is 0.442. The lowest BCUT2D eigenvalue weighted by Gasteiger charge is -2.38. The first kappa shape index (κ1) is 16.7. The molecule has 3 aliphatic rings. The van der Waals surface area contributed by atoms with E-state index in [0.717, 1.165) is 12.8 Å². The molecule has 4 heterocycles. The third-order valence-electron chi connectivity index (χ3n) is 6.11. The number of pyridine rings is 1. The monoisotopic (exact) mass is 367 g/mol. The number of nitrogens with zero attached hydrogens (tertiary/aromatic N) is 3. The smallest absolute Gasteiger partial charge is 0.257 e. The second-order valence-corrected chi connectivity index (χ2v) is 7.60. The van der Waals surface area contributed by atoms with Crippen molar-refractivity contribution in [1.82, 2.24) is 9.88 Å². The molecule has 0 N–H and O–H groups in total. The van der Waals surface area contributed by atoms with Gasteiger partial charge in [0.2, 0.25) is 0 Å². The fourth-order valence-electron chi connectivity index (χ4n) is 4.71. The maximum atomic E-state index is 13.5. The summed E-state index contributed by atoms with van der Waals surface area (Å²) in [6.45, 7) is 1.28. The number of hydrogen-bond acceptors (Lipinski definition) is 4. The molecule has 2 aromatic rings. The van der Waals surface area contributed by atoms with Crippen LogP contribution in [0.15, 0.2) is 48.7 Å². The lowest BCUT2D eigenvalue weighted by molar-refractivity contribution is -0.140. The SMILES string of the molecule is O=C1N2C(CCC2c2ccccc2)OC12CCN(c1cc(F)ccn1)CC2. The van der Waals surface area contributed by atoms with Crippen molar-refractivity contribution < 1.29 is 13.9 Å². The van der Waals surface area contributed by atoms with Gasteiger partial charge in [0.15, 0.2) is 5.60 Å². The van der Waals surface area contributed by atoms with E-state index in [1.54, 1.807) is 0 Å². The number of ether oxygens (including phenoxy) is 1. The highest BCUT2D eigenvalue weighted by atomic mass is 19.1. The van der Waals surface area contributed by atoms with Crippen LogP contribution >= 0.6 is 0 Å². The highest BCUT2D eigenvalue weighted by molar-refractivity contribution is 5.88. The average molecular weight is 367 g/mol. The van der Waals surface area contributed by atoms with Crippen LogP contribution in [-0.2, 0) is 9.53 Å². The van der Waals surface area contributed by atoms with Gasteiger partial charge in [-0.3, -0.25) is 4.79 Å². The summed E-state index contributed by atoms with van der Waals surface area (Å²) in [7, 11) is 0.